The number of benzene rings is 2. The van der Waals surface area contributed by atoms with Crippen LogP contribution >= 0.6 is 0 Å². The molecule has 4 rings (SSSR count). The molecule has 1 aliphatic rings. The highest BCUT2D eigenvalue weighted by Crippen LogP contribution is 2.25. The molecule has 1 fully saturated rings. The van der Waals surface area contributed by atoms with Crippen LogP contribution in [0.3, 0.4) is 0 Å². The molecule has 0 radical (unpaired) electrons. The van der Waals surface area contributed by atoms with Gasteiger partial charge >= 0.3 is 0 Å². The Morgan fingerprint density at radius 2 is 1.90 bits per heavy atom. The lowest BCUT2D eigenvalue weighted by Crippen LogP contribution is -2.54. The lowest BCUT2D eigenvalue weighted by molar-refractivity contribution is 0.0892. The molecule has 31 heavy (non-hydrogen) atoms. The van der Waals surface area contributed by atoms with Crippen LogP contribution in [0.5, 0.6) is 5.75 Å². The van der Waals surface area contributed by atoms with E-state index in [1.54, 1.807) is 0 Å². The number of aromatic nitrogens is 1. The Kier molecular flexibility index (Phi) is 6.52. The number of hydrogen-bond acceptors (Lipinski definition) is 4. The van der Waals surface area contributed by atoms with Crippen molar-refractivity contribution in [2.45, 2.75) is 51.8 Å². The first-order valence-corrected chi connectivity index (χ1v) is 11.1. The molecule has 0 aliphatic heterocycles. The second-order valence-electron chi connectivity index (χ2n) is 8.56. The average Bonchev–Trinajstić information content (AvgIpc) is 2.79. The highest BCUT2D eigenvalue weighted by Gasteiger charge is 2.31. The van der Waals surface area contributed by atoms with Crippen LogP contribution < -0.4 is 15.4 Å². The molecule has 1 aromatic heterocycles. The first-order chi connectivity index (χ1) is 15.0. The van der Waals surface area contributed by atoms with Crippen molar-refractivity contribution in [2.75, 3.05) is 7.05 Å². The molecule has 3 atom stereocenters. The van der Waals surface area contributed by atoms with Crippen LogP contribution in [-0.2, 0) is 6.61 Å². The number of pyridine rings is 1. The van der Waals surface area contributed by atoms with Crippen LogP contribution in [0.25, 0.3) is 10.9 Å². The van der Waals surface area contributed by atoms with E-state index in [9.17, 15) is 4.79 Å². The van der Waals surface area contributed by atoms with Crippen molar-refractivity contribution in [2.24, 2.45) is 5.92 Å². The second kappa shape index (κ2) is 9.48. The fourth-order valence-corrected chi connectivity index (χ4v) is 4.59. The largest absolute Gasteiger partial charge is 0.489 e. The number of rotatable bonds is 6. The van der Waals surface area contributed by atoms with Gasteiger partial charge in [-0.05, 0) is 69.1 Å². The minimum atomic E-state index is -0.0266. The summed E-state index contributed by atoms with van der Waals surface area (Å²) >= 11 is 0. The Morgan fingerprint density at radius 1 is 1.13 bits per heavy atom. The summed E-state index contributed by atoms with van der Waals surface area (Å²) in [4.78, 5) is 17.4. The highest BCUT2D eigenvalue weighted by atomic mass is 16.5. The molecule has 0 spiro atoms. The fourth-order valence-electron chi connectivity index (χ4n) is 4.59. The van der Waals surface area contributed by atoms with Gasteiger partial charge in [0.15, 0.2) is 0 Å². The number of fused-ring (bicyclic) bond motifs is 1. The van der Waals surface area contributed by atoms with Crippen molar-refractivity contribution >= 4 is 16.8 Å². The zero-order valence-electron chi connectivity index (χ0n) is 18.5. The first kappa shape index (κ1) is 21.3. The predicted molar refractivity (Wildman–Crippen MR) is 124 cm³/mol. The van der Waals surface area contributed by atoms with Crippen molar-refractivity contribution in [3.63, 3.8) is 0 Å². The predicted octanol–water partition coefficient (Wildman–Crippen LogP) is 4.63. The Bertz CT molecular complexity index is 1050. The van der Waals surface area contributed by atoms with Gasteiger partial charge in [0.05, 0.1) is 5.52 Å². The van der Waals surface area contributed by atoms with Gasteiger partial charge in [-0.2, -0.15) is 0 Å². The van der Waals surface area contributed by atoms with E-state index >= 15 is 0 Å². The lowest BCUT2D eigenvalue weighted by atomic mass is 9.82. The quantitative estimate of drug-likeness (QED) is 0.614. The molecule has 2 N–H and O–H groups in total. The molecular weight excluding hydrogens is 386 g/mol. The van der Waals surface area contributed by atoms with E-state index in [4.69, 9.17) is 4.74 Å². The SMILES string of the molecule is CNC1CCCC(C)C1NC(=O)c1ccc(OCc2cc(C)nc3ccccc23)cc1. The lowest BCUT2D eigenvalue weighted by Gasteiger charge is -2.37. The summed E-state index contributed by atoms with van der Waals surface area (Å²) in [6, 6.07) is 18.1. The molecule has 1 amide bonds. The second-order valence-corrected chi connectivity index (χ2v) is 8.56. The Balaban J connectivity index is 1.41. The molecule has 5 heteroatoms. The average molecular weight is 418 g/mol. The summed E-state index contributed by atoms with van der Waals surface area (Å²) in [6.07, 6.45) is 3.46. The molecular formula is C26H31N3O2. The summed E-state index contributed by atoms with van der Waals surface area (Å²) in [7, 11) is 1.97. The van der Waals surface area contributed by atoms with Gasteiger partial charge in [0, 0.05) is 34.3 Å². The maximum Gasteiger partial charge on any atom is 0.251 e. The van der Waals surface area contributed by atoms with Crippen LogP contribution in [0.2, 0.25) is 0 Å². The number of likely N-dealkylation sites (N-methyl/N-ethyl adjacent to an activating group) is 1. The van der Waals surface area contributed by atoms with Gasteiger partial charge in [-0.25, -0.2) is 0 Å². The van der Waals surface area contributed by atoms with Crippen LogP contribution in [-0.4, -0.2) is 30.0 Å². The van der Waals surface area contributed by atoms with E-state index in [1.807, 2.05) is 56.4 Å². The molecule has 0 bridgehead atoms. The summed E-state index contributed by atoms with van der Waals surface area (Å²) in [6.45, 7) is 4.67. The van der Waals surface area contributed by atoms with Gasteiger partial charge in [-0.1, -0.05) is 31.5 Å². The van der Waals surface area contributed by atoms with Crippen LogP contribution in [0.4, 0.5) is 0 Å². The van der Waals surface area contributed by atoms with E-state index in [0.29, 0.717) is 24.1 Å². The van der Waals surface area contributed by atoms with Crippen LogP contribution in [0.1, 0.15) is 47.8 Å². The van der Waals surface area contributed by atoms with Crippen molar-refractivity contribution in [1.82, 2.24) is 15.6 Å². The standard InChI is InChI=1S/C26H31N3O2/c1-17-7-6-10-24(27-3)25(17)29-26(30)19-11-13-21(14-12-19)31-16-20-15-18(2)28-23-9-5-4-8-22(20)23/h4-5,8-9,11-15,17,24-25,27H,6-7,10,16H2,1-3H3,(H,29,30). The van der Waals surface area contributed by atoms with E-state index in [1.165, 1.54) is 6.42 Å². The van der Waals surface area contributed by atoms with E-state index in [2.05, 4.69) is 34.7 Å². The van der Waals surface area contributed by atoms with E-state index < -0.39 is 0 Å². The molecule has 2 aromatic carbocycles. The van der Waals surface area contributed by atoms with Gasteiger partial charge in [0.25, 0.3) is 5.91 Å². The molecule has 0 saturated heterocycles. The molecule has 3 unspecified atom stereocenters. The molecule has 162 valence electrons. The number of nitrogens with one attached hydrogen (secondary N) is 2. The topological polar surface area (TPSA) is 63.2 Å². The van der Waals surface area contributed by atoms with Crippen LogP contribution in [0, 0.1) is 12.8 Å². The van der Waals surface area contributed by atoms with Gasteiger partial charge in [-0.3, -0.25) is 9.78 Å². The number of hydrogen-bond donors (Lipinski definition) is 2. The Morgan fingerprint density at radius 3 is 2.68 bits per heavy atom. The maximum atomic E-state index is 12.8. The van der Waals surface area contributed by atoms with Crippen molar-refractivity contribution in [1.29, 1.82) is 0 Å². The minimum absolute atomic E-state index is 0.0266. The third kappa shape index (κ3) is 4.88. The smallest absolute Gasteiger partial charge is 0.251 e. The van der Waals surface area contributed by atoms with Crippen LogP contribution in [0.15, 0.2) is 54.6 Å². The van der Waals surface area contributed by atoms with Gasteiger partial charge in [0.2, 0.25) is 0 Å². The molecule has 3 aromatic rings. The third-order valence-electron chi connectivity index (χ3n) is 6.33. The van der Waals surface area contributed by atoms with Crippen molar-refractivity contribution < 1.29 is 9.53 Å². The Hall–Kier alpha value is -2.92. The van der Waals surface area contributed by atoms with E-state index in [0.717, 1.165) is 40.8 Å². The molecule has 1 heterocycles. The maximum absolute atomic E-state index is 12.8. The molecule has 1 aliphatic carbocycles. The number of carbonyl (C=O) groups is 1. The number of nitrogens with zero attached hydrogens (tertiary/aromatic N) is 1. The zero-order chi connectivity index (χ0) is 21.8. The number of ether oxygens (including phenoxy) is 1. The summed E-state index contributed by atoms with van der Waals surface area (Å²) in [5, 5.41) is 7.70. The van der Waals surface area contributed by atoms with Gasteiger partial charge in [-0.15, -0.1) is 0 Å². The number of para-hydroxylation sites is 1. The normalized spacial score (nSPS) is 21.1. The number of carbonyl (C=O) groups excluding carboxylic acids is 1. The monoisotopic (exact) mass is 417 g/mol. The first-order valence-electron chi connectivity index (χ1n) is 11.1. The molecule has 1 saturated carbocycles. The van der Waals surface area contributed by atoms with Gasteiger partial charge in [0.1, 0.15) is 12.4 Å². The summed E-state index contributed by atoms with van der Waals surface area (Å²) < 4.78 is 6.02. The number of aryl methyl sites for hydroxylation is 1. The van der Waals surface area contributed by atoms with Crippen molar-refractivity contribution in [3.05, 3.63) is 71.4 Å². The Labute approximate surface area is 184 Å². The highest BCUT2D eigenvalue weighted by molar-refractivity contribution is 5.94. The van der Waals surface area contributed by atoms with Gasteiger partial charge < -0.3 is 15.4 Å². The van der Waals surface area contributed by atoms with E-state index in [-0.39, 0.29) is 11.9 Å². The summed E-state index contributed by atoms with van der Waals surface area (Å²) in [5.74, 6) is 1.19. The fraction of sp³-hybridized carbons (Fsp3) is 0.385. The zero-order valence-corrected chi connectivity index (χ0v) is 18.5. The van der Waals surface area contributed by atoms with Crippen molar-refractivity contribution in [3.8, 4) is 5.75 Å². The third-order valence-corrected chi connectivity index (χ3v) is 6.33. The summed E-state index contributed by atoms with van der Waals surface area (Å²) in [5.41, 5.74) is 3.71. The number of amides is 1. The molecule has 5 nitrogen and oxygen atoms in total. The minimum Gasteiger partial charge on any atom is -0.489 e.